The summed E-state index contributed by atoms with van der Waals surface area (Å²) in [5, 5.41) is 3.40. The minimum atomic E-state index is -1.45. The van der Waals surface area contributed by atoms with Crippen LogP contribution in [0.5, 0.6) is 5.75 Å². The van der Waals surface area contributed by atoms with E-state index < -0.39 is 40.3 Å². The van der Waals surface area contributed by atoms with Crippen LogP contribution in [0.2, 0.25) is 0 Å². The van der Waals surface area contributed by atoms with E-state index in [-0.39, 0.29) is 23.2 Å². The van der Waals surface area contributed by atoms with Crippen molar-refractivity contribution in [2.75, 3.05) is 40.1 Å². The van der Waals surface area contributed by atoms with E-state index in [4.69, 9.17) is 14.2 Å². The highest BCUT2D eigenvalue weighted by Crippen LogP contribution is 2.37. The number of para-hydroxylation sites is 1. The number of nitrogens with one attached hydrogen (secondary N) is 2. The van der Waals surface area contributed by atoms with Crippen molar-refractivity contribution < 1.29 is 41.5 Å². The summed E-state index contributed by atoms with van der Waals surface area (Å²) in [4.78, 5) is 19.0. The Morgan fingerprint density at radius 2 is 1.74 bits per heavy atom. The van der Waals surface area contributed by atoms with Gasteiger partial charge in [0.15, 0.2) is 17.3 Å². The van der Waals surface area contributed by atoms with Crippen molar-refractivity contribution in [2.24, 2.45) is 0 Å². The van der Waals surface area contributed by atoms with Gasteiger partial charge in [-0.3, -0.25) is 14.7 Å². The van der Waals surface area contributed by atoms with Gasteiger partial charge in [0.1, 0.15) is 42.2 Å². The Hall–Kier alpha value is -4.06. The molecule has 4 aromatic rings. The van der Waals surface area contributed by atoms with Gasteiger partial charge in [-0.1, -0.05) is 18.2 Å². The average Bonchev–Trinajstić information content (AvgIpc) is 3.28. The van der Waals surface area contributed by atoms with Crippen LogP contribution in [0.4, 0.5) is 23.2 Å². The summed E-state index contributed by atoms with van der Waals surface area (Å²) in [6.45, 7) is 1.89. The van der Waals surface area contributed by atoms with E-state index in [0.29, 0.717) is 67.2 Å². The smallest absolute Gasteiger partial charge is 0.259 e. The lowest BCUT2D eigenvalue weighted by Crippen LogP contribution is -3.10. The third-order valence-corrected chi connectivity index (χ3v) is 7.78. The zero-order valence-corrected chi connectivity index (χ0v) is 22.7. The van der Waals surface area contributed by atoms with Crippen LogP contribution in [0.3, 0.4) is 0 Å². The van der Waals surface area contributed by atoms with E-state index in [9.17, 15) is 18.0 Å². The number of benzene rings is 3. The first-order valence-corrected chi connectivity index (χ1v) is 13.6. The molecule has 1 aromatic heterocycles. The van der Waals surface area contributed by atoms with Crippen molar-refractivity contribution in [1.29, 1.82) is 0 Å². The Kier molecular flexibility index (Phi) is 7.80. The zero-order chi connectivity index (χ0) is 29.4. The molecule has 0 radical (unpaired) electrons. The summed E-state index contributed by atoms with van der Waals surface area (Å²) in [5.74, 6) is -4.58. The van der Waals surface area contributed by atoms with Crippen LogP contribution in [-0.2, 0) is 9.47 Å². The van der Waals surface area contributed by atoms with Crippen LogP contribution in [0, 0.1) is 23.3 Å². The molecule has 1 amide bonds. The van der Waals surface area contributed by atoms with Crippen molar-refractivity contribution in [3.8, 4) is 16.9 Å². The number of ether oxygens (including phenoxy) is 3. The molecule has 42 heavy (non-hydrogen) atoms. The lowest BCUT2D eigenvalue weighted by Gasteiger charge is -2.28. The molecule has 218 valence electrons. The van der Waals surface area contributed by atoms with Gasteiger partial charge in [0.2, 0.25) is 0 Å². The molecule has 1 unspecified atom stereocenters. The van der Waals surface area contributed by atoms with Gasteiger partial charge in [-0.25, -0.2) is 17.6 Å². The first kappa shape index (κ1) is 28.1. The van der Waals surface area contributed by atoms with Gasteiger partial charge in [0.25, 0.3) is 5.91 Å². The van der Waals surface area contributed by atoms with Crippen LogP contribution in [0.25, 0.3) is 22.0 Å². The maximum absolute atomic E-state index is 15.3. The number of fused-ring (bicyclic) bond motifs is 2. The lowest BCUT2D eigenvalue weighted by molar-refractivity contribution is -0.839. The molecular weight excluding hydrogens is 554 g/mol. The van der Waals surface area contributed by atoms with Crippen molar-refractivity contribution >= 4 is 22.5 Å². The number of carbonyl (C=O) groups excluding carboxylic acids is 1. The van der Waals surface area contributed by atoms with E-state index in [0.717, 1.165) is 17.7 Å². The molecule has 2 N–H and O–H groups in total. The molecule has 11 heteroatoms. The van der Waals surface area contributed by atoms with Gasteiger partial charge >= 0.3 is 0 Å². The normalized spacial score (nSPS) is 18.2. The second-order valence-electron chi connectivity index (χ2n) is 10.3. The maximum Gasteiger partial charge on any atom is 0.259 e. The lowest BCUT2D eigenvalue weighted by atomic mass is 9.97. The quantitative estimate of drug-likeness (QED) is 0.272. The van der Waals surface area contributed by atoms with Gasteiger partial charge in [0, 0.05) is 35.4 Å². The molecule has 1 fully saturated rings. The number of quaternary nitrogens is 1. The molecule has 0 bridgehead atoms. The number of likely N-dealkylation sites (N-methyl/N-ethyl adjacent to an activating group) is 1. The first-order valence-electron chi connectivity index (χ1n) is 13.6. The molecule has 0 spiro atoms. The highest BCUT2D eigenvalue weighted by molar-refractivity contribution is 6.07. The summed E-state index contributed by atoms with van der Waals surface area (Å²) in [6.07, 6.45) is 1.84. The Labute approximate surface area is 239 Å². The number of nitrogens with zero attached hydrogens (tertiary/aromatic N) is 1. The van der Waals surface area contributed by atoms with Crippen molar-refractivity contribution in [2.45, 2.75) is 18.5 Å². The van der Waals surface area contributed by atoms with Gasteiger partial charge in [-0.15, -0.1) is 0 Å². The fourth-order valence-corrected chi connectivity index (χ4v) is 5.63. The number of rotatable bonds is 5. The van der Waals surface area contributed by atoms with E-state index >= 15 is 4.39 Å². The largest absolute Gasteiger partial charge is 0.493 e. The molecule has 2 aliphatic heterocycles. The van der Waals surface area contributed by atoms with Crippen molar-refractivity contribution in [1.82, 2.24) is 10.3 Å². The number of pyridine rings is 1. The van der Waals surface area contributed by atoms with E-state index in [1.54, 1.807) is 0 Å². The second kappa shape index (κ2) is 11.7. The molecule has 3 aromatic carbocycles. The molecule has 2 atom stereocenters. The van der Waals surface area contributed by atoms with Crippen molar-refractivity contribution in [3.63, 3.8) is 0 Å². The standard InChI is InChI=1S/C31H27F4N3O4/c1-38(18-15-40-10-11-41-16-18)30-20-6-7-23(33)27(21-12-17(32)13-24(34)28(21)35)29(20)36-14-22(30)31(39)37-25-8-9-42-26-5-3-2-4-19(25)26/h2-7,12-14,18,25H,8-11,15-16H2,1H3,(H,37,39)/p+1/t25-/m0/s1. The van der Waals surface area contributed by atoms with Gasteiger partial charge in [-0.2, -0.15) is 0 Å². The Morgan fingerprint density at radius 1 is 0.976 bits per heavy atom. The topological polar surface area (TPSA) is 74.1 Å². The van der Waals surface area contributed by atoms with Crippen LogP contribution in [0.15, 0.2) is 54.7 Å². The highest BCUT2D eigenvalue weighted by atomic mass is 19.2. The number of amides is 1. The summed E-state index contributed by atoms with van der Waals surface area (Å²) in [7, 11) is 1.82. The monoisotopic (exact) mass is 582 g/mol. The summed E-state index contributed by atoms with van der Waals surface area (Å²) < 4.78 is 75.7. The number of aromatic nitrogens is 1. The molecule has 2 aliphatic rings. The molecule has 6 rings (SSSR count). The molecule has 0 aliphatic carbocycles. The molecule has 0 saturated carbocycles. The van der Waals surface area contributed by atoms with Crippen molar-refractivity contribution in [3.05, 3.63) is 89.1 Å². The average molecular weight is 583 g/mol. The fourth-order valence-electron chi connectivity index (χ4n) is 5.63. The predicted octanol–water partition coefficient (Wildman–Crippen LogP) is 4.27. The SMILES string of the molecule is C[NH+](c1c(C(=O)N[C@H]2CCOc3ccccc32)cnc2c(-c3cc(F)cc(F)c3F)c(F)ccc12)C1COCCOC1. The van der Waals surface area contributed by atoms with E-state index in [2.05, 4.69) is 10.3 Å². The number of hydrogen-bond donors (Lipinski definition) is 2. The van der Waals surface area contributed by atoms with Crippen LogP contribution >= 0.6 is 0 Å². The summed E-state index contributed by atoms with van der Waals surface area (Å²) in [5.41, 5.74) is 0.426. The van der Waals surface area contributed by atoms with Crippen LogP contribution < -0.4 is 15.0 Å². The number of halogens is 4. The number of hydrogen-bond acceptors (Lipinski definition) is 5. The highest BCUT2D eigenvalue weighted by Gasteiger charge is 2.33. The van der Waals surface area contributed by atoms with Crippen LogP contribution in [-0.4, -0.2) is 57.0 Å². The maximum atomic E-state index is 15.3. The third-order valence-electron chi connectivity index (χ3n) is 7.78. The first-order chi connectivity index (χ1) is 20.3. The Balaban J connectivity index is 1.51. The molecule has 7 nitrogen and oxygen atoms in total. The van der Waals surface area contributed by atoms with Gasteiger partial charge in [-0.05, 0) is 24.3 Å². The number of carbonyl (C=O) groups is 1. The van der Waals surface area contributed by atoms with Crippen LogP contribution in [0.1, 0.15) is 28.4 Å². The van der Waals surface area contributed by atoms with E-state index in [1.165, 1.54) is 12.3 Å². The van der Waals surface area contributed by atoms with Gasteiger partial charge in [0.05, 0.1) is 43.8 Å². The Morgan fingerprint density at radius 3 is 2.52 bits per heavy atom. The molecule has 3 heterocycles. The Bertz CT molecular complexity index is 1660. The summed E-state index contributed by atoms with van der Waals surface area (Å²) >= 11 is 0. The third kappa shape index (κ3) is 5.19. The molecular formula is C31H28F4N3O4+. The second-order valence-corrected chi connectivity index (χ2v) is 10.3. The minimum absolute atomic E-state index is 0.0447. The zero-order valence-electron chi connectivity index (χ0n) is 22.7. The fraction of sp³-hybridized carbons (Fsp3) is 0.290. The van der Waals surface area contributed by atoms with E-state index in [1.807, 2.05) is 31.3 Å². The predicted molar refractivity (Wildman–Crippen MR) is 146 cm³/mol. The minimum Gasteiger partial charge on any atom is -0.493 e. The molecule has 1 saturated heterocycles. The summed E-state index contributed by atoms with van der Waals surface area (Å²) in [6, 6.07) is 10.5. The van der Waals surface area contributed by atoms with Gasteiger partial charge < -0.3 is 19.5 Å².